The summed E-state index contributed by atoms with van der Waals surface area (Å²) < 4.78 is 0. The topological polar surface area (TPSA) is 0 Å². The zero-order valence-corrected chi connectivity index (χ0v) is 22.9. The van der Waals surface area contributed by atoms with Crippen LogP contribution in [0.5, 0.6) is 0 Å². The number of hydrogen-bond donors (Lipinski definition) is 0. The van der Waals surface area contributed by atoms with Gasteiger partial charge in [-0.3, -0.25) is 0 Å². The van der Waals surface area contributed by atoms with Crippen molar-refractivity contribution in [3.63, 3.8) is 0 Å². The molecule has 0 rings (SSSR count). The molecule has 0 fully saturated rings. The second-order valence-electron chi connectivity index (χ2n) is 0. The Morgan fingerprint density at radius 3 is 1.00 bits per heavy atom. The minimum absolute atomic E-state index is 0. The van der Waals surface area contributed by atoms with Crippen LogP contribution in [-0.2, 0) is 44.8 Å². The molecule has 0 bridgehead atoms. The Balaban J connectivity index is 0. The van der Waals surface area contributed by atoms with E-state index in [1.807, 2.05) is 0 Å². The molecule has 16 valence electrons. The molecule has 0 aromatic heterocycles. The van der Waals surface area contributed by atoms with E-state index in [9.17, 15) is 0 Å². The van der Waals surface area contributed by atoms with E-state index in [0.717, 1.165) is 0 Å². The number of hydrogen-bond acceptors (Lipinski definition) is 0. The second-order valence-corrected chi connectivity index (χ2v) is 0. The molecule has 0 spiro atoms. The van der Waals surface area contributed by atoms with E-state index >= 15 is 0 Å². The normalized spacial score (nSPS) is 0. The summed E-state index contributed by atoms with van der Waals surface area (Å²) in [5.74, 6) is 0. The molecule has 0 aliphatic rings. The molecule has 0 N–H and O–H groups in total. The van der Waals surface area contributed by atoms with E-state index in [0.29, 0.717) is 0 Å². The summed E-state index contributed by atoms with van der Waals surface area (Å²) in [6.07, 6.45) is 0. The van der Waals surface area contributed by atoms with E-state index in [1.165, 1.54) is 0 Å². The van der Waals surface area contributed by atoms with Crippen molar-refractivity contribution >= 4 is 151 Å². The van der Waals surface area contributed by atoms with Crippen molar-refractivity contribution in [1.82, 2.24) is 0 Å². The monoisotopic (exact) mass is 612 g/mol. The third kappa shape index (κ3) is 17.8. The van der Waals surface area contributed by atoms with Gasteiger partial charge in [-0.2, -0.15) is 0 Å². The summed E-state index contributed by atoms with van der Waals surface area (Å²) in [6, 6.07) is 0. The molecule has 0 nitrogen and oxygen atoms in total. The fourth-order valence-electron chi connectivity index (χ4n) is 0. The molecule has 5 heteroatoms. The average Bonchev–Trinajstić information content (AvgIpc) is 0. The van der Waals surface area contributed by atoms with Crippen molar-refractivity contribution in [2.45, 2.75) is 0 Å². The van der Waals surface area contributed by atoms with Gasteiger partial charge in [0, 0.05) is 196 Å². The maximum Gasteiger partial charge on any atom is 0 e. The smallest absolute Gasteiger partial charge is 0 e. The Morgan fingerprint density at radius 1 is 1.00 bits per heavy atom. The molecule has 8 radical (unpaired) electrons. The molecule has 0 aliphatic carbocycles. The Bertz CT molecular complexity index is 11.6. The summed E-state index contributed by atoms with van der Waals surface area (Å²) in [5, 5.41) is 0. The molecule has 0 saturated heterocycles. The maximum absolute atomic E-state index is 0. The third-order valence-corrected chi connectivity index (χ3v) is 0. The average molecular weight is 611 g/mol. The van der Waals surface area contributed by atoms with Crippen LogP contribution in [0.4, 0.5) is 0 Å². The molecule has 0 aromatic carbocycles. The van der Waals surface area contributed by atoms with Gasteiger partial charge in [0.25, 0.3) is 0 Å². The Kier molecular flexibility index (Phi) is 137. The van der Waals surface area contributed by atoms with Crippen LogP contribution in [0.2, 0.25) is 0 Å². The minimum atomic E-state index is 0. The van der Waals surface area contributed by atoms with Gasteiger partial charge in [0.2, 0.25) is 0 Å². The molecule has 0 saturated carbocycles. The molecule has 0 amide bonds. The molecule has 0 unspecified atom stereocenters. The zero-order chi connectivity index (χ0) is 0. The van der Waals surface area contributed by atoms with Crippen LogP contribution in [0.15, 0.2) is 0 Å². The summed E-state index contributed by atoms with van der Waals surface area (Å²) >= 11 is 0. The standard InChI is InChI=1S/Cs.Nb.Rb.Sn.Ta. The van der Waals surface area contributed by atoms with Crippen LogP contribution in [0, 0.1) is 0 Å². The van der Waals surface area contributed by atoms with Gasteiger partial charge in [0.1, 0.15) is 0 Å². The molecule has 0 aromatic rings. The van der Waals surface area contributed by atoms with Crippen LogP contribution in [0.25, 0.3) is 0 Å². The Morgan fingerprint density at radius 2 is 1.00 bits per heavy atom. The van der Waals surface area contributed by atoms with Gasteiger partial charge in [-0.25, -0.2) is 0 Å². The van der Waals surface area contributed by atoms with Gasteiger partial charge in [0.15, 0.2) is 0 Å². The van der Waals surface area contributed by atoms with Crippen LogP contribution in [-0.4, -0.2) is 151 Å². The fraction of sp³-hybridized carbons (Fsp3) is 0. The molecular formula is CsNbRbSnTa. The minimum Gasteiger partial charge on any atom is 0 e. The van der Waals surface area contributed by atoms with Crippen molar-refractivity contribution in [2.75, 3.05) is 0 Å². The van der Waals surface area contributed by atoms with E-state index < -0.39 is 0 Å². The predicted octanol–water partition coefficient (Wildman–Crippen LogP) is -1.15. The van der Waals surface area contributed by atoms with Gasteiger partial charge >= 0.3 is 0 Å². The van der Waals surface area contributed by atoms with Crippen LogP contribution >= 0.6 is 0 Å². The summed E-state index contributed by atoms with van der Waals surface area (Å²) in [5.41, 5.74) is 0. The van der Waals surface area contributed by atoms with Gasteiger partial charge < -0.3 is 0 Å². The molecule has 0 aliphatic heterocycles. The third-order valence-electron chi connectivity index (χ3n) is 0. The van der Waals surface area contributed by atoms with Gasteiger partial charge in [0.05, 0.1) is 0 Å². The van der Waals surface area contributed by atoms with E-state index in [-0.39, 0.29) is 196 Å². The maximum atomic E-state index is 0. The molecule has 5 heavy (non-hydrogen) atoms. The first-order valence-electron chi connectivity index (χ1n) is 0. The van der Waals surface area contributed by atoms with Crippen molar-refractivity contribution in [3.05, 3.63) is 0 Å². The summed E-state index contributed by atoms with van der Waals surface area (Å²) in [4.78, 5) is 0. The molecule has 0 heterocycles. The zero-order valence-electron chi connectivity index (χ0n) is 3.39. The Hall–Kier alpha value is 6.14. The predicted molar refractivity (Wildman–Crippen MR) is 17.3 cm³/mol. The van der Waals surface area contributed by atoms with E-state index in [4.69, 9.17) is 0 Å². The van der Waals surface area contributed by atoms with Gasteiger partial charge in [-0.1, -0.05) is 0 Å². The fourth-order valence-corrected chi connectivity index (χ4v) is 0. The number of rotatable bonds is 0. The van der Waals surface area contributed by atoms with E-state index in [1.54, 1.807) is 0 Å². The van der Waals surface area contributed by atoms with Crippen LogP contribution in [0.3, 0.4) is 0 Å². The largest absolute Gasteiger partial charge is 0 e. The van der Waals surface area contributed by atoms with E-state index in [2.05, 4.69) is 0 Å². The summed E-state index contributed by atoms with van der Waals surface area (Å²) in [6.45, 7) is 0. The van der Waals surface area contributed by atoms with Gasteiger partial charge in [-0.15, -0.1) is 0 Å². The van der Waals surface area contributed by atoms with Crippen molar-refractivity contribution in [2.24, 2.45) is 0 Å². The Labute approximate surface area is 188 Å². The van der Waals surface area contributed by atoms with Crippen molar-refractivity contribution in [1.29, 1.82) is 0 Å². The van der Waals surface area contributed by atoms with Crippen molar-refractivity contribution < 1.29 is 44.8 Å². The van der Waals surface area contributed by atoms with Gasteiger partial charge in [-0.05, 0) is 0 Å². The first kappa shape index (κ1) is 30.4. The van der Waals surface area contributed by atoms with Crippen LogP contribution < -0.4 is 0 Å². The van der Waals surface area contributed by atoms with Crippen LogP contribution in [0.1, 0.15) is 0 Å². The quantitative estimate of drug-likeness (QED) is 0.304. The molecule has 0 atom stereocenters. The first-order valence-corrected chi connectivity index (χ1v) is 0. The first-order chi connectivity index (χ1) is 0. The second kappa shape index (κ2) is 22.5. The molecular weight excluding hydrogens is 611 g/mol. The van der Waals surface area contributed by atoms with Crippen molar-refractivity contribution in [3.8, 4) is 0 Å². The SMILES string of the molecule is [Cs].[Nb].[Rb].[Sn].[Ta]. The summed E-state index contributed by atoms with van der Waals surface area (Å²) in [7, 11) is 0.